The van der Waals surface area contributed by atoms with Crippen LogP contribution >= 0.6 is 11.6 Å². The van der Waals surface area contributed by atoms with Crippen LogP contribution in [0.3, 0.4) is 0 Å². The second kappa shape index (κ2) is 6.42. The first-order valence-corrected chi connectivity index (χ1v) is 7.91. The highest BCUT2D eigenvalue weighted by Gasteiger charge is 2.19. The molecule has 23 heavy (non-hydrogen) atoms. The highest BCUT2D eigenvalue weighted by molar-refractivity contribution is 6.30. The molecule has 3 aromatic rings. The third-order valence-corrected chi connectivity index (χ3v) is 4.22. The van der Waals surface area contributed by atoms with Crippen molar-refractivity contribution in [2.45, 2.75) is 25.9 Å². The quantitative estimate of drug-likeness (QED) is 0.783. The van der Waals surface area contributed by atoms with Crippen molar-refractivity contribution in [3.63, 3.8) is 0 Å². The number of carbonyl (C=O) groups excluding carboxylic acids is 1. The lowest BCUT2D eigenvalue weighted by Gasteiger charge is -2.19. The van der Waals surface area contributed by atoms with E-state index < -0.39 is 0 Å². The Hall–Kier alpha value is -2.33. The lowest BCUT2D eigenvalue weighted by Crippen LogP contribution is -2.32. The van der Waals surface area contributed by atoms with Crippen LogP contribution in [0, 0.1) is 0 Å². The summed E-state index contributed by atoms with van der Waals surface area (Å²) in [6.07, 6.45) is 1.71. The number of benzene rings is 2. The Bertz CT molecular complexity index is 843. The first-order chi connectivity index (χ1) is 11.1. The molecule has 0 bridgehead atoms. The van der Waals surface area contributed by atoms with Crippen LogP contribution in [0.5, 0.6) is 0 Å². The normalized spacial score (nSPS) is 13.7. The van der Waals surface area contributed by atoms with Gasteiger partial charge in [-0.05, 0) is 43.7 Å². The van der Waals surface area contributed by atoms with Gasteiger partial charge in [0.2, 0.25) is 5.91 Å². The van der Waals surface area contributed by atoms with Crippen molar-refractivity contribution in [1.82, 2.24) is 14.9 Å². The zero-order chi connectivity index (χ0) is 16.4. The van der Waals surface area contributed by atoms with E-state index in [0.717, 1.165) is 16.6 Å². The Balaban J connectivity index is 1.77. The van der Waals surface area contributed by atoms with E-state index in [2.05, 4.69) is 10.3 Å². The van der Waals surface area contributed by atoms with Crippen LogP contribution in [0.25, 0.3) is 11.0 Å². The minimum absolute atomic E-state index is 0.0550. The number of hydrogen-bond donors (Lipinski definition) is 1. The third-order valence-electron chi connectivity index (χ3n) is 3.99. The number of amides is 1. The maximum atomic E-state index is 12.6. The van der Waals surface area contributed by atoms with Gasteiger partial charge < -0.3 is 9.88 Å². The van der Waals surface area contributed by atoms with Crippen LogP contribution in [-0.4, -0.2) is 15.5 Å². The maximum Gasteiger partial charge on any atom is 0.243 e. The van der Waals surface area contributed by atoms with Crippen LogP contribution in [0.2, 0.25) is 5.02 Å². The minimum atomic E-state index is -0.343. The Morgan fingerprint density at radius 1 is 1.17 bits per heavy atom. The van der Waals surface area contributed by atoms with Crippen molar-refractivity contribution >= 4 is 28.5 Å². The van der Waals surface area contributed by atoms with Gasteiger partial charge in [-0.25, -0.2) is 4.98 Å². The molecule has 0 fully saturated rings. The minimum Gasteiger partial charge on any atom is -0.348 e. The molecule has 4 nitrogen and oxygen atoms in total. The van der Waals surface area contributed by atoms with Crippen LogP contribution in [0.15, 0.2) is 54.9 Å². The molecule has 2 unspecified atom stereocenters. The highest BCUT2D eigenvalue weighted by Crippen LogP contribution is 2.20. The third kappa shape index (κ3) is 3.22. The Kier molecular flexibility index (Phi) is 4.35. The highest BCUT2D eigenvalue weighted by atomic mass is 35.5. The lowest BCUT2D eigenvalue weighted by molar-refractivity contribution is -0.124. The van der Waals surface area contributed by atoms with E-state index in [1.54, 1.807) is 6.33 Å². The molecule has 0 aliphatic carbocycles. The standard InChI is InChI=1S/C18H18ClN3O/c1-12(14-6-5-7-15(19)10-14)21-18(23)13(2)22-11-20-16-8-3-4-9-17(16)22/h3-13H,1-2H3,(H,21,23). The summed E-state index contributed by atoms with van der Waals surface area (Å²) in [6.45, 7) is 3.82. The monoisotopic (exact) mass is 327 g/mol. The van der Waals surface area contributed by atoms with Crippen molar-refractivity contribution in [3.05, 3.63) is 65.4 Å². The summed E-state index contributed by atoms with van der Waals surface area (Å²) in [7, 11) is 0. The summed E-state index contributed by atoms with van der Waals surface area (Å²) in [5.74, 6) is -0.0550. The average Bonchev–Trinajstić information content (AvgIpc) is 2.98. The summed E-state index contributed by atoms with van der Waals surface area (Å²) in [5, 5.41) is 3.69. The molecule has 0 aliphatic heterocycles. The van der Waals surface area contributed by atoms with E-state index in [0.29, 0.717) is 5.02 Å². The molecule has 0 aliphatic rings. The molecule has 3 rings (SSSR count). The first-order valence-electron chi connectivity index (χ1n) is 7.53. The number of halogens is 1. The Labute approximate surface area is 140 Å². The van der Waals surface area contributed by atoms with Gasteiger partial charge in [-0.3, -0.25) is 4.79 Å². The van der Waals surface area contributed by atoms with Gasteiger partial charge in [0, 0.05) is 5.02 Å². The van der Waals surface area contributed by atoms with Gasteiger partial charge in [0.25, 0.3) is 0 Å². The SMILES string of the molecule is CC(NC(=O)C(C)n1cnc2ccccc21)c1cccc(Cl)c1. The number of fused-ring (bicyclic) bond motifs is 1. The fourth-order valence-corrected chi connectivity index (χ4v) is 2.81. The zero-order valence-corrected chi connectivity index (χ0v) is 13.8. The fraction of sp³-hybridized carbons (Fsp3) is 0.222. The summed E-state index contributed by atoms with van der Waals surface area (Å²) in [5.41, 5.74) is 2.81. The van der Waals surface area contributed by atoms with Crippen LogP contribution in [-0.2, 0) is 4.79 Å². The van der Waals surface area contributed by atoms with Gasteiger partial charge in [0.05, 0.1) is 23.4 Å². The van der Waals surface area contributed by atoms with Gasteiger partial charge in [-0.2, -0.15) is 0 Å². The van der Waals surface area contributed by atoms with Crippen molar-refractivity contribution in [2.75, 3.05) is 0 Å². The second-order valence-electron chi connectivity index (χ2n) is 5.60. The molecule has 1 N–H and O–H groups in total. The van der Waals surface area contributed by atoms with Crippen LogP contribution < -0.4 is 5.32 Å². The summed E-state index contributed by atoms with van der Waals surface area (Å²) in [6, 6.07) is 14.8. The molecular weight excluding hydrogens is 310 g/mol. The second-order valence-corrected chi connectivity index (χ2v) is 6.04. The van der Waals surface area contributed by atoms with Crippen LogP contribution in [0.4, 0.5) is 0 Å². The number of para-hydroxylation sites is 2. The summed E-state index contributed by atoms with van der Waals surface area (Å²) in [4.78, 5) is 16.9. The molecule has 118 valence electrons. The predicted molar refractivity (Wildman–Crippen MR) is 92.5 cm³/mol. The van der Waals surface area contributed by atoms with Gasteiger partial charge in [-0.1, -0.05) is 35.9 Å². The van der Waals surface area contributed by atoms with E-state index in [9.17, 15) is 4.79 Å². The number of rotatable bonds is 4. The van der Waals surface area contributed by atoms with Crippen molar-refractivity contribution < 1.29 is 4.79 Å². The molecule has 1 amide bonds. The molecular formula is C18H18ClN3O. The number of nitrogens with one attached hydrogen (secondary N) is 1. The molecule has 2 aromatic carbocycles. The van der Waals surface area contributed by atoms with E-state index >= 15 is 0 Å². The molecule has 2 atom stereocenters. The largest absolute Gasteiger partial charge is 0.348 e. The maximum absolute atomic E-state index is 12.6. The topological polar surface area (TPSA) is 46.9 Å². The molecule has 5 heteroatoms. The smallest absolute Gasteiger partial charge is 0.243 e. The number of nitrogens with zero attached hydrogens (tertiary/aromatic N) is 2. The molecule has 0 spiro atoms. The van der Waals surface area contributed by atoms with E-state index in [-0.39, 0.29) is 18.0 Å². The number of aromatic nitrogens is 2. The molecule has 1 heterocycles. The van der Waals surface area contributed by atoms with Crippen molar-refractivity contribution in [3.8, 4) is 0 Å². The molecule has 0 saturated heterocycles. The number of hydrogen-bond acceptors (Lipinski definition) is 2. The van der Waals surface area contributed by atoms with Crippen molar-refractivity contribution in [1.29, 1.82) is 0 Å². The average molecular weight is 328 g/mol. The predicted octanol–water partition coefficient (Wildman–Crippen LogP) is 4.13. The van der Waals surface area contributed by atoms with E-state index in [1.165, 1.54) is 0 Å². The van der Waals surface area contributed by atoms with E-state index in [4.69, 9.17) is 11.6 Å². The molecule has 0 radical (unpaired) electrons. The van der Waals surface area contributed by atoms with Crippen molar-refractivity contribution in [2.24, 2.45) is 0 Å². The summed E-state index contributed by atoms with van der Waals surface area (Å²) >= 11 is 6.01. The van der Waals surface area contributed by atoms with Gasteiger partial charge in [0.1, 0.15) is 6.04 Å². The lowest BCUT2D eigenvalue weighted by atomic mass is 10.1. The fourth-order valence-electron chi connectivity index (χ4n) is 2.61. The molecule has 0 saturated carbocycles. The first kappa shape index (κ1) is 15.6. The Morgan fingerprint density at radius 3 is 2.74 bits per heavy atom. The number of carbonyl (C=O) groups is 1. The number of imidazole rings is 1. The zero-order valence-electron chi connectivity index (χ0n) is 13.0. The summed E-state index contributed by atoms with van der Waals surface area (Å²) < 4.78 is 1.88. The Morgan fingerprint density at radius 2 is 1.96 bits per heavy atom. The molecule has 1 aromatic heterocycles. The van der Waals surface area contributed by atoms with Crippen LogP contribution in [0.1, 0.15) is 31.5 Å². The van der Waals surface area contributed by atoms with Gasteiger partial charge >= 0.3 is 0 Å². The van der Waals surface area contributed by atoms with Gasteiger partial charge in [0.15, 0.2) is 0 Å². The van der Waals surface area contributed by atoms with E-state index in [1.807, 2.05) is 66.9 Å². The van der Waals surface area contributed by atoms with Gasteiger partial charge in [-0.15, -0.1) is 0 Å².